The van der Waals surface area contributed by atoms with Crippen LogP contribution in [0.15, 0.2) is 150 Å². The fourth-order valence-electron chi connectivity index (χ4n) is 6.46. The van der Waals surface area contributed by atoms with Crippen LogP contribution in [-0.2, 0) is 26.7 Å². The molecule has 1 aliphatic heterocycles. The Labute approximate surface area is 269 Å². The minimum Gasteiger partial charge on any atom is -0.445 e. The molecule has 6 rings (SSSR count). The molecule has 0 saturated carbocycles. The van der Waals surface area contributed by atoms with Crippen molar-refractivity contribution in [1.29, 1.82) is 0 Å². The number of amides is 1. The largest absolute Gasteiger partial charge is 0.445 e. The maximum atomic E-state index is 14.3. The van der Waals surface area contributed by atoms with E-state index in [-0.39, 0.29) is 23.8 Å². The van der Waals surface area contributed by atoms with Crippen molar-refractivity contribution < 1.29 is 22.3 Å². The highest BCUT2D eigenvalue weighted by molar-refractivity contribution is 7.91. The minimum atomic E-state index is -3.99. The van der Waals surface area contributed by atoms with E-state index in [2.05, 4.69) is 41.3 Å². The highest BCUT2D eigenvalue weighted by atomic mass is 32.2. The van der Waals surface area contributed by atoms with Crippen molar-refractivity contribution in [1.82, 2.24) is 9.80 Å². The summed E-state index contributed by atoms with van der Waals surface area (Å²) < 4.78 is 47.9. The van der Waals surface area contributed by atoms with Gasteiger partial charge in [-0.25, -0.2) is 17.6 Å². The van der Waals surface area contributed by atoms with Crippen LogP contribution in [0.1, 0.15) is 22.3 Å². The number of ether oxygens (including phenoxy) is 1. The molecule has 1 amide bonds. The van der Waals surface area contributed by atoms with Crippen molar-refractivity contribution in [3.8, 4) is 0 Å². The summed E-state index contributed by atoms with van der Waals surface area (Å²) in [6.07, 6.45) is -0.513. The van der Waals surface area contributed by atoms with Gasteiger partial charge in [0.15, 0.2) is 9.84 Å². The smallest absolute Gasteiger partial charge is 0.410 e. The zero-order valence-electron chi connectivity index (χ0n) is 25.3. The molecule has 6 nitrogen and oxygen atoms in total. The number of carbonyl (C=O) groups excluding carboxylic acids is 1. The number of sulfone groups is 1. The second kappa shape index (κ2) is 13.7. The summed E-state index contributed by atoms with van der Waals surface area (Å²) in [5.74, 6) is -0.965. The quantitative estimate of drug-likeness (QED) is 0.165. The van der Waals surface area contributed by atoms with Gasteiger partial charge in [0.2, 0.25) is 0 Å². The lowest BCUT2D eigenvalue weighted by atomic mass is 9.74. The SMILES string of the molecule is O=C(OCc1ccccc1)N1CCN(C(c2ccccc2)(c2ccccc2)c2ccccc2)[C@H](CS(=O)(=O)c2cccc(F)c2)C1. The number of benzene rings is 5. The molecule has 1 aliphatic rings. The van der Waals surface area contributed by atoms with Gasteiger partial charge in [0, 0.05) is 25.7 Å². The summed E-state index contributed by atoms with van der Waals surface area (Å²) >= 11 is 0. The van der Waals surface area contributed by atoms with Crippen LogP contribution in [0.5, 0.6) is 0 Å². The van der Waals surface area contributed by atoms with Gasteiger partial charge in [0.1, 0.15) is 12.4 Å². The summed E-state index contributed by atoms with van der Waals surface area (Å²) in [6.45, 7) is 0.866. The van der Waals surface area contributed by atoms with E-state index in [4.69, 9.17) is 4.74 Å². The van der Waals surface area contributed by atoms with Crippen LogP contribution in [-0.4, -0.2) is 55.7 Å². The summed E-state index contributed by atoms with van der Waals surface area (Å²) in [4.78, 5) is 17.1. The Balaban J connectivity index is 1.46. The second-order valence-corrected chi connectivity index (χ2v) is 13.4. The lowest BCUT2D eigenvalue weighted by Crippen LogP contribution is -2.64. The van der Waals surface area contributed by atoms with E-state index in [0.717, 1.165) is 28.3 Å². The maximum Gasteiger partial charge on any atom is 0.410 e. The van der Waals surface area contributed by atoms with Gasteiger partial charge in [0.05, 0.1) is 16.2 Å². The Morgan fingerprint density at radius 1 is 0.717 bits per heavy atom. The highest BCUT2D eigenvalue weighted by Crippen LogP contribution is 2.44. The van der Waals surface area contributed by atoms with Gasteiger partial charge in [-0.2, -0.15) is 0 Å². The maximum absolute atomic E-state index is 14.3. The van der Waals surface area contributed by atoms with Crippen molar-refractivity contribution in [2.45, 2.75) is 23.1 Å². The van der Waals surface area contributed by atoms with Crippen LogP contribution in [0.25, 0.3) is 0 Å². The Hall–Kier alpha value is -4.79. The molecule has 0 bridgehead atoms. The Kier molecular flexibility index (Phi) is 9.28. The van der Waals surface area contributed by atoms with Gasteiger partial charge < -0.3 is 9.64 Å². The van der Waals surface area contributed by atoms with Gasteiger partial charge in [-0.1, -0.05) is 127 Å². The monoisotopic (exact) mass is 634 g/mol. The molecule has 5 aromatic carbocycles. The molecule has 8 heteroatoms. The topological polar surface area (TPSA) is 66.9 Å². The first kappa shape index (κ1) is 31.2. The summed E-state index contributed by atoms with van der Waals surface area (Å²) in [5.41, 5.74) is 2.82. The molecule has 0 unspecified atom stereocenters. The number of hydrogen-bond donors (Lipinski definition) is 0. The predicted molar refractivity (Wildman–Crippen MR) is 176 cm³/mol. The summed E-state index contributed by atoms with van der Waals surface area (Å²) in [5, 5.41) is 0. The van der Waals surface area contributed by atoms with Gasteiger partial charge in [0.25, 0.3) is 0 Å². The van der Waals surface area contributed by atoms with Gasteiger partial charge in [-0.15, -0.1) is 0 Å². The molecule has 1 saturated heterocycles. The Morgan fingerprint density at radius 3 is 1.76 bits per heavy atom. The second-order valence-electron chi connectivity index (χ2n) is 11.4. The molecule has 1 atom stereocenters. The van der Waals surface area contributed by atoms with E-state index in [1.165, 1.54) is 18.2 Å². The molecular weight excluding hydrogens is 599 g/mol. The standard InChI is InChI=1S/C38H35FN2O4S/c39-34-22-13-23-36(26-34)46(43,44)29-35-27-40(37(42)45-28-30-14-5-1-6-15-30)24-25-41(35)38(31-16-7-2-8-17-31,32-18-9-3-10-19-32)33-20-11-4-12-21-33/h1-23,26,35H,24-25,27-29H2/t35-/m0/s1. The van der Waals surface area contributed by atoms with Crippen molar-refractivity contribution in [3.05, 3.63) is 174 Å². The Bertz CT molecular complexity index is 1760. The first-order chi connectivity index (χ1) is 22.4. The summed E-state index contributed by atoms with van der Waals surface area (Å²) in [7, 11) is -3.99. The van der Waals surface area contributed by atoms with E-state index in [1.54, 1.807) is 4.90 Å². The van der Waals surface area contributed by atoms with Crippen molar-refractivity contribution in [3.63, 3.8) is 0 Å². The molecular formula is C38H35FN2O4S. The van der Waals surface area contributed by atoms with E-state index < -0.39 is 33.3 Å². The van der Waals surface area contributed by atoms with Crippen LogP contribution in [0.2, 0.25) is 0 Å². The van der Waals surface area contributed by atoms with E-state index in [9.17, 15) is 17.6 Å². The van der Waals surface area contributed by atoms with E-state index in [1.807, 2.05) is 84.9 Å². The number of carbonyl (C=O) groups is 1. The third-order valence-corrected chi connectivity index (χ3v) is 10.3. The Morgan fingerprint density at radius 2 is 1.24 bits per heavy atom. The van der Waals surface area contributed by atoms with Crippen LogP contribution >= 0.6 is 0 Å². The predicted octanol–water partition coefficient (Wildman–Crippen LogP) is 6.91. The van der Waals surface area contributed by atoms with Crippen molar-refractivity contribution >= 4 is 15.9 Å². The molecule has 1 heterocycles. The number of halogens is 1. The summed E-state index contributed by atoms with van der Waals surface area (Å²) in [6, 6.07) is 43.9. The zero-order chi connectivity index (χ0) is 32.0. The molecule has 0 spiro atoms. The molecule has 0 aliphatic carbocycles. The molecule has 0 N–H and O–H groups in total. The van der Waals surface area contributed by atoms with Crippen LogP contribution in [0.4, 0.5) is 9.18 Å². The normalized spacial score (nSPS) is 15.8. The third-order valence-electron chi connectivity index (χ3n) is 8.52. The minimum absolute atomic E-state index is 0.0937. The van der Waals surface area contributed by atoms with Gasteiger partial charge in [-0.3, -0.25) is 4.90 Å². The average Bonchev–Trinajstić information content (AvgIpc) is 3.10. The number of piperazine rings is 1. The fraction of sp³-hybridized carbons (Fsp3) is 0.184. The molecule has 234 valence electrons. The lowest BCUT2D eigenvalue weighted by molar-refractivity contribution is 0.0193. The van der Waals surface area contributed by atoms with E-state index >= 15 is 0 Å². The first-order valence-corrected chi connectivity index (χ1v) is 16.9. The average molecular weight is 635 g/mol. The molecule has 46 heavy (non-hydrogen) atoms. The van der Waals surface area contributed by atoms with Crippen LogP contribution in [0, 0.1) is 5.82 Å². The number of rotatable bonds is 9. The van der Waals surface area contributed by atoms with Gasteiger partial charge in [-0.05, 0) is 40.5 Å². The van der Waals surface area contributed by atoms with Crippen LogP contribution in [0.3, 0.4) is 0 Å². The third kappa shape index (κ3) is 6.45. The zero-order valence-corrected chi connectivity index (χ0v) is 26.1. The van der Waals surface area contributed by atoms with Crippen LogP contribution < -0.4 is 0 Å². The molecule has 0 radical (unpaired) electrons. The molecule has 0 aromatic heterocycles. The fourth-order valence-corrected chi connectivity index (χ4v) is 8.02. The molecule has 1 fully saturated rings. The lowest BCUT2D eigenvalue weighted by Gasteiger charge is -2.52. The number of nitrogens with zero attached hydrogens (tertiary/aromatic N) is 2. The van der Waals surface area contributed by atoms with E-state index in [0.29, 0.717) is 13.1 Å². The number of hydrogen-bond acceptors (Lipinski definition) is 5. The van der Waals surface area contributed by atoms with Crippen molar-refractivity contribution in [2.24, 2.45) is 0 Å². The molecule has 5 aromatic rings. The highest BCUT2D eigenvalue weighted by Gasteiger charge is 2.48. The van der Waals surface area contributed by atoms with Gasteiger partial charge >= 0.3 is 6.09 Å². The first-order valence-electron chi connectivity index (χ1n) is 15.3. The van der Waals surface area contributed by atoms with Crippen molar-refractivity contribution in [2.75, 3.05) is 25.4 Å².